The van der Waals surface area contributed by atoms with Crippen LogP contribution in [0.25, 0.3) is 10.2 Å². The van der Waals surface area contributed by atoms with E-state index in [1.54, 1.807) is 11.9 Å². The molecule has 0 spiro atoms. The first kappa shape index (κ1) is 21.5. The van der Waals surface area contributed by atoms with Crippen LogP contribution in [0.1, 0.15) is 33.6 Å². The first-order valence-corrected chi connectivity index (χ1v) is 10.8. The normalized spacial score (nSPS) is 17.9. The number of aromatic nitrogens is 1. The summed E-state index contributed by atoms with van der Waals surface area (Å²) in [5, 5.41) is 3.55. The molecule has 3 rings (SSSR count). The molecule has 2 amide bonds. The van der Waals surface area contributed by atoms with Crippen LogP contribution in [-0.2, 0) is 9.53 Å². The van der Waals surface area contributed by atoms with Crippen molar-refractivity contribution < 1.29 is 14.3 Å². The quantitative estimate of drug-likeness (QED) is 0.799. The van der Waals surface area contributed by atoms with Gasteiger partial charge in [0.2, 0.25) is 5.91 Å². The van der Waals surface area contributed by atoms with Crippen LogP contribution in [0.2, 0.25) is 0 Å². The third-order valence-corrected chi connectivity index (χ3v) is 5.70. The van der Waals surface area contributed by atoms with Crippen LogP contribution < -0.4 is 5.32 Å². The third-order valence-electron chi connectivity index (χ3n) is 4.75. The highest BCUT2D eigenvalue weighted by molar-refractivity contribution is 7.22. The summed E-state index contributed by atoms with van der Waals surface area (Å²) in [5.41, 5.74) is 0.402. The molecule has 1 aliphatic rings. The van der Waals surface area contributed by atoms with Gasteiger partial charge in [-0.05, 0) is 58.2 Å². The van der Waals surface area contributed by atoms with Crippen molar-refractivity contribution in [3.05, 3.63) is 24.3 Å². The molecule has 2 heterocycles. The molecular weight excluding hydrogens is 388 g/mol. The van der Waals surface area contributed by atoms with Crippen LogP contribution in [0.3, 0.4) is 0 Å². The van der Waals surface area contributed by atoms with Gasteiger partial charge in [0.1, 0.15) is 5.60 Å². The summed E-state index contributed by atoms with van der Waals surface area (Å²) >= 11 is 1.48. The molecule has 0 bridgehead atoms. The number of nitrogens with one attached hydrogen (secondary N) is 1. The van der Waals surface area contributed by atoms with Gasteiger partial charge in [0, 0.05) is 20.1 Å². The maximum absolute atomic E-state index is 12.5. The summed E-state index contributed by atoms with van der Waals surface area (Å²) in [6.45, 7) is 8.25. The number of hydrogen-bond donors (Lipinski definition) is 1. The predicted molar refractivity (Wildman–Crippen MR) is 116 cm³/mol. The molecule has 1 fully saturated rings. The second-order valence-corrected chi connectivity index (χ2v) is 9.67. The number of amides is 2. The Morgan fingerprint density at radius 1 is 1.34 bits per heavy atom. The molecule has 8 heteroatoms. The number of thiazole rings is 1. The molecule has 1 aliphatic heterocycles. The second-order valence-electron chi connectivity index (χ2n) is 8.64. The Morgan fingerprint density at radius 3 is 2.83 bits per heavy atom. The van der Waals surface area contributed by atoms with Crippen molar-refractivity contribution in [1.29, 1.82) is 0 Å². The average Bonchev–Trinajstić information content (AvgIpc) is 3.02. The molecule has 7 nitrogen and oxygen atoms in total. The van der Waals surface area contributed by atoms with E-state index in [4.69, 9.17) is 4.74 Å². The summed E-state index contributed by atoms with van der Waals surface area (Å²) < 4.78 is 6.49. The van der Waals surface area contributed by atoms with Crippen LogP contribution in [0.4, 0.5) is 9.93 Å². The fraction of sp³-hybridized carbons (Fsp3) is 0.571. The number of hydrogen-bond acceptors (Lipinski definition) is 6. The van der Waals surface area contributed by atoms with Crippen molar-refractivity contribution in [2.24, 2.45) is 5.92 Å². The van der Waals surface area contributed by atoms with E-state index in [0.29, 0.717) is 24.1 Å². The summed E-state index contributed by atoms with van der Waals surface area (Å²) in [6, 6.07) is 7.85. The zero-order chi connectivity index (χ0) is 21.0. The van der Waals surface area contributed by atoms with Crippen LogP contribution >= 0.6 is 11.3 Å². The maximum Gasteiger partial charge on any atom is 0.410 e. The lowest BCUT2D eigenvalue weighted by molar-refractivity contribution is -0.117. The monoisotopic (exact) mass is 418 g/mol. The molecule has 29 heavy (non-hydrogen) atoms. The highest BCUT2D eigenvalue weighted by Gasteiger charge is 2.26. The number of para-hydroxylation sites is 1. The minimum atomic E-state index is -0.497. The van der Waals surface area contributed by atoms with Crippen molar-refractivity contribution >= 4 is 38.7 Å². The molecule has 1 atom stereocenters. The summed E-state index contributed by atoms with van der Waals surface area (Å²) in [4.78, 5) is 32.9. The van der Waals surface area contributed by atoms with Crippen LogP contribution in [-0.4, -0.2) is 65.6 Å². The molecule has 1 aromatic carbocycles. The lowest BCUT2D eigenvalue weighted by Crippen LogP contribution is -2.45. The fourth-order valence-corrected chi connectivity index (χ4v) is 4.42. The van der Waals surface area contributed by atoms with Crippen LogP contribution in [0.15, 0.2) is 24.3 Å². The van der Waals surface area contributed by atoms with Crippen molar-refractivity contribution in [2.75, 3.05) is 38.5 Å². The molecule has 2 aromatic rings. The summed E-state index contributed by atoms with van der Waals surface area (Å²) in [7, 11) is 1.77. The standard InChI is InChI=1S/C21H30N4O3S/c1-21(2,3)28-20(27)24(4)12-15-8-7-11-25(13-15)14-18(26)23-19-22-16-9-5-6-10-17(16)29-19/h5-6,9-10,15H,7-8,11-14H2,1-4H3,(H,22,23,26). The SMILES string of the molecule is CN(CC1CCCN(CC(=O)Nc2nc3ccccc3s2)C1)C(=O)OC(C)(C)C. The molecule has 1 aromatic heterocycles. The first-order chi connectivity index (χ1) is 13.7. The second kappa shape index (κ2) is 9.09. The Morgan fingerprint density at radius 2 is 2.10 bits per heavy atom. The molecule has 1 unspecified atom stereocenters. The lowest BCUT2D eigenvalue weighted by atomic mass is 9.97. The number of carbonyl (C=O) groups is 2. The third kappa shape index (κ3) is 6.40. The van der Waals surface area contributed by atoms with Gasteiger partial charge >= 0.3 is 6.09 Å². The fourth-order valence-electron chi connectivity index (χ4n) is 3.53. The molecule has 0 saturated carbocycles. The van der Waals surface area contributed by atoms with Gasteiger partial charge in [-0.2, -0.15) is 0 Å². The van der Waals surface area contributed by atoms with E-state index in [0.717, 1.165) is 36.1 Å². The van der Waals surface area contributed by atoms with E-state index in [9.17, 15) is 9.59 Å². The van der Waals surface area contributed by atoms with Gasteiger partial charge in [-0.25, -0.2) is 9.78 Å². The van der Waals surface area contributed by atoms with Gasteiger partial charge in [0.25, 0.3) is 0 Å². The molecular formula is C21H30N4O3S. The van der Waals surface area contributed by atoms with Gasteiger partial charge in [-0.15, -0.1) is 0 Å². The number of rotatable bonds is 5. The zero-order valence-electron chi connectivity index (χ0n) is 17.6. The predicted octanol–water partition coefficient (Wildman–Crippen LogP) is 3.81. The zero-order valence-corrected chi connectivity index (χ0v) is 18.4. The van der Waals surface area contributed by atoms with Gasteiger partial charge in [-0.3, -0.25) is 9.69 Å². The summed E-state index contributed by atoms with van der Waals surface area (Å²) in [6.07, 6.45) is 1.76. The van der Waals surface area contributed by atoms with E-state index in [1.165, 1.54) is 11.3 Å². The lowest BCUT2D eigenvalue weighted by Gasteiger charge is -2.34. The number of carbonyl (C=O) groups excluding carboxylic acids is 2. The number of ether oxygens (including phenoxy) is 1. The number of piperidine rings is 1. The molecule has 0 radical (unpaired) electrons. The van der Waals surface area contributed by atoms with E-state index in [2.05, 4.69) is 15.2 Å². The molecule has 1 N–H and O–H groups in total. The van der Waals surface area contributed by atoms with Gasteiger partial charge in [0.05, 0.1) is 16.8 Å². The largest absolute Gasteiger partial charge is 0.444 e. The average molecular weight is 419 g/mol. The van der Waals surface area contributed by atoms with Crippen molar-refractivity contribution in [3.8, 4) is 0 Å². The highest BCUT2D eigenvalue weighted by Crippen LogP contribution is 2.25. The van der Waals surface area contributed by atoms with E-state index in [1.807, 2.05) is 45.0 Å². The van der Waals surface area contributed by atoms with Gasteiger partial charge in [0.15, 0.2) is 5.13 Å². The van der Waals surface area contributed by atoms with Crippen molar-refractivity contribution in [1.82, 2.24) is 14.8 Å². The first-order valence-electron chi connectivity index (χ1n) is 10.0. The van der Waals surface area contributed by atoms with Crippen LogP contribution in [0.5, 0.6) is 0 Å². The topological polar surface area (TPSA) is 74.8 Å². The molecule has 0 aliphatic carbocycles. The Hall–Kier alpha value is -2.19. The maximum atomic E-state index is 12.5. The highest BCUT2D eigenvalue weighted by atomic mass is 32.1. The number of benzene rings is 1. The number of nitrogens with zero attached hydrogens (tertiary/aromatic N) is 3. The van der Waals surface area contributed by atoms with Crippen molar-refractivity contribution in [3.63, 3.8) is 0 Å². The minimum Gasteiger partial charge on any atom is -0.444 e. The Bertz CT molecular complexity index is 828. The van der Waals surface area contributed by atoms with Gasteiger partial charge in [-0.1, -0.05) is 23.5 Å². The summed E-state index contributed by atoms with van der Waals surface area (Å²) in [5.74, 6) is 0.279. The Balaban J connectivity index is 1.48. The van der Waals surface area contributed by atoms with Crippen LogP contribution in [0, 0.1) is 5.92 Å². The number of anilines is 1. The van der Waals surface area contributed by atoms with Crippen molar-refractivity contribution in [2.45, 2.75) is 39.2 Å². The smallest absolute Gasteiger partial charge is 0.410 e. The molecule has 1 saturated heterocycles. The Labute approximate surface area is 176 Å². The van der Waals surface area contributed by atoms with E-state index >= 15 is 0 Å². The number of fused-ring (bicyclic) bond motifs is 1. The molecule has 158 valence electrons. The van der Waals surface area contributed by atoms with Gasteiger partial charge < -0.3 is 15.0 Å². The van der Waals surface area contributed by atoms with E-state index < -0.39 is 5.60 Å². The Kier molecular flexibility index (Phi) is 6.74. The minimum absolute atomic E-state index is 0.0507. The number of likely N-dealkylation sites (tertiary alicyclic amines) is 1. The van der Waals surface area contributed by atoms with E-state index in [-0.39, 0.29) is 12.0 Å².